The van der Waals surface area contributed by atoms with E-state index in [1.165, 1.54) is 25.7 Å². The van der Waals surface area contributed by atoms with Crippen molar-refractivity contribution >= 4 is 5.91 Å². The standard InChI is InChI=1S/C12H23N3O/c1-9-7-14-11(8-13-9)12(16)15(2)10-5-3-4-6-10/h9-11,13-14H,3-8H2,1-2H3. The molecule has 2 aliphatic rings. The van der Waals surface area contributed by atoms with E-state index in [-0.39, 0.29) is 11.9 Å². The van der Waals surface area contributed by atoms with Crippen molar-refractivity contribution in [2.75, 3.05) is 20.1 Å². The molecule has 1 saturated heterocycles. The molecule has 2 rings (SSSR count). The average Bonchev–Trinajstić information content (AvgIpc) is 2.81. The molecule has 0 aromatic rings. The molecule has 1 heterocycles. The van der Waals surface area contributed by atoms with Gasteiger partial charge in [-0.1, -0.05) is 12.8 Å². The van der Waals surface area contributed by atoms with Gasteiger partial charge >= 0.3 is 0 Å². The van der Waals surface area contributed by atoms with Crippen molar-refractivity contribution in [3.63, 3.8) is 0 Å². The summed E-state index contributed by atoms with van der Waals surface area (Å²) in [6.07, 6.45) is 4.91. The fraction of sp³-hybridized carbons (Fsp3) is 0.917. The summed E-state index contributed by atoms with van der Waals surface area (Å²) in [6, 6.07) is 0.927. The van der Waals surface area contributed by atoms with Crippen molar-refractivity contribution in [1.29, 1.82) is 0 Å². The fourth-order valence-electron chi connectivity index (χ4n) is 2.67. The van der Waals surface area contributed by atoms with Gasteiger partial charge in [0.1, 0.15) is 0 Å². The summed E-state index contributed by atoms with van der Waals surface area (Å²) in [5, 5.41) is 6.67. The van der Waals surface area contributed by atoms with Crippen LogP contribution < -0.4 is 10.6 Å². The van der Waals surface area contributed by atoms with Gasteiger partial charge in [0.25, 0.3) is 0 Å². The highest BCUT2D eigenvalue weighted by atomic mass is 16.2. The minimum atomic E-state index is -0.0261. The van der Waals surface area contributed by atoms with Crippen LogP contribution in [0.3, 0.4) is 0 Å². The zero-order valence-electron chi connectivity index (χ0n) is 10.3. The zero-order valence-corrected chi connectivity index (χ0v) is 10.3. The monoisotopic (exact) mass is 225 g/mol. The normalized spacial score (nSPS) is 31.6. The average molecular weight is 225 g/mol. The van der Waals surface area contributed by atoms with Crippen LogP contribution in [0.4, 0.5) is 0 Å². The fourth-order valence-corrected chi connectivity index (χ4v) is 2.67. The number of likely N-dealkylation sites (N-methyl/N-ethyl adjacent to an activating group) is 1. The maximum atomic E-state index is 12.2. The lowest BCUT2D eigenvalue weighted by Gasteiger charge is -2.33. The first-order valence-corrected chi connectivity index (χ1v) is 6.42. The molecule has 0 spiro atoms. The molecule has 2 unspecified atom stereocenters. The second-order valence-electron chi connectivity index (χ2n) is 5.16. The van der Waals surface area contributed by atoms with Crippen molar-refractivity contribution in [1.82, 2.24) is 15.5 Å². The third kappa shape index (κ3) is 2.55. The molecule has 16 heavy (non-hydrogen) atoms. The Morgan fingerprint density at radius 3 is 2.44 bits per heavy atom. The smallest absolute Gasteiger partial charge is 0.241 e. The Hall–Kier alpha value is -0.610. The Labute approximate surface area is 97.8 Å². The van der Waals surface area contributed by atoms with Crippen molar-refractivity contribution < 1.29 is 4.79 Å². The minimum absolute atomic E-state index is 0.0261. The number of amides is 1. The second-order valence-corrected chi connectivity index (χ2v) is 5.16. The second kappa shape index (κ2) is 5.15. The van der Waals surface area contributed by atoms with Crippen LogP contribution in [0.25, 0.3) is 0 Å². The number of hydrogen-bond acceptors (Lipinski definition) is 3. The number of piperazine rings is 1. The summed E-state index contributed by atoms with van der Waals surface area (Å²) in [6.45, 7) is 3.78. The van der Waals surface area contributed by atoms with Gasteiger partial charge in [-0.15, -0.1) is 0 Å². The highest BCUT2D eigenvalue weighted by Gasteiger charge is 2.30. The van der Waals surface area contributed by atoms with Crippen LogP contribution >= 0.6 is 0 Å². The van der Waals surface area contributed by atoms with Crippen LogP contribution in [0.2, 0.25) is 0 Å². The van der Waals surface area contributed by atoms with Crippen LogP contribution in [0.15, 0.2) is 0 Å². The lowest BCUT2D eigenvalue weighted by atomic mass is 10.1. The summed E-state index contributed by atoms with van der Waals surface area (Å²) in [5.74, 6) is 0.256. The summed E-state index contributed by atoms with van der Waals surface area (Å²) in [4.78, 5) is 14.2. The summed E-state index contributed by atoms with van der Waals surface area (Å²) in [5.41, 5.74) is 0. The Bertz CT molecular complexity index is 243. The quantitative estimate of drug-likeness (QED) is 0.712. The summed E-state index contributed by atoms with van der Waals surface area (Å²) in [7, 11) is 1.96. The van der Waals surface area contributed by atoms with Gasteiger partial charge in [0.05, 0.1) is 6.04 Å². The van der Waals surface area contributed by atoms with E-state index in [0.717, 1.165) is 13.1 Å². The van der Waals surface area contributed by atoms with Crippen LogP contribution in [0.1, 0.15) is 32.6 Å². The highest BCUT2D eigenvalue weighted by Crippen LogP contribution is 2.22. The molecular weight excluding hydrogens is 202 g/mol. The van der Waals surface area contributed by atoms with Crippen LogP contribution in [-0.4, -0.2) is 49.1 Å². The number of nitrogens with one attached hydrogen (secondary N) is 2. The van der Waals surface area contributed by atoms with Gasteiger partial charge < -0.3 is 15.5 Å². The van der Waals surface area contributed by atoms with Crippen LogP contribution in [-0.2, 0) is 4.79 Å². The Kier molecular flexibility index (Phi) is 3.82. The third-order valence-corrected chi connectivity index (χ3v) is 3.86. The molecule has 0 aromatic heterocycles. The topological polar surface area (TPSA) is 44.4 Å². The molecule has 1 saturated carbocycles. The molecule has 0 aromatic carbocycles. The maximum absolute atomic E-state index is 12.2. The number of nitrogens with zero attached hydrogens (tertiary/aromatic N) is 1. The molecule has 2 atom stereocenters. The van der Waals surface area contributed by atoms with E-state index < -0.39 is 0 Å². The Balaban J connectivity index is 1.86. The van der Waals surface area contributed by atoms with Gasteiger partial charge in [-0.05, 0) is 19.8 Å². The summed E-state index contributed by atoms with van der Waals surface area (Å²) < 4.78 is 0. The summed E-state index contributed by atoms with van der Waals surface area (Å²) >= 11 is 0. The Morgan fingerprint density at radius 1 is 1.19 bits per heavy atom. The maximum Gasteiger partial charge on any atom is 0.241 e. The van der Waals surface area contributed by atoms with Crippen molar-refractivity contribution in [3.8, 4) is 0 Å². The van der Waals surface area contributed by atoms with Gasteiger partial charge in [-0.25, -0.2) is 0 Å². The number of carbonyl (C=O) groups excluding carboxylic acids is 1. The lowest BCUT2D eigenvalue weighted by Crippen LogP contribution is -2.59. The number of hydrogen-bond donors (Lipinski definition) is 2. The molecular formula is C12H23N3O. The van der Waals surface area contributed by atoms with E-state index >= 15 is 0 Å². The predicted octanol–water partition coefficient (Wildman–Crippen LogP) is 0.337. The minimum Gasteiger partial charge on any atom is -0.341 e. The molecule has 1 amide bonds. The van der Waals surface area contributed by atoms with Crippen molar-refractivity contribution in [3.05, 3.63) is 0 Å². The first-order valence-electron chi connectivity index (χ1n) is 6.42. The molecule has 0 radical (unpaired) electrons. The van der Waals surface area contributed by atoms with Gasteiger partial charge in [0, 0.05) is 32.2 Å². The molecule has 0 bridgehead atoms. The first kappa shape index (κ1) is 11.9. The number of carbonyl (C=O) groups is 1. The van der Waals surface area contributed by atoms with E-state index in [9.17, 15) is 4.79 Å². The predicted molar refractivity (Wildman–Crippen MR) is 64.3 cm³/mol. The molecule has 2 N–H and O–H groups in total. The molecule has 1 aliphatic heterocycles. The van der Waals surface area contributed by atoms with Gasteiger partial charge in [-0.2, -0.15) is 0 Å². The largest absolute Gasteiger partial charge is 0.341 e. The first-order chi connectivity index (χ1) is 7.68. The SMILES string of the molecule is CC1CNC(C(=O)N(C)C2CCCC2)CN1. The zero-order chi connectivity index (χ0) is 11.5. The van der Waals surface area contributed by atoms with E-state index in [1.54, 1.807) is 0 Å². The highest BCUT2D eigenvalue weighted by molar-refractivity contribution is 5.82. The number of rotatable bonds is 2. The molecule has 92 valence electrons. The molecule has 4 nitrogen and oxygen atoms in total. The van der Waals surface area contributed by atoms with Gasteiger partial charge in [-0.3, -0.25) is 4.79 Å². The molecule has 2 fully saturated rings. The van der Waals surface area contributed by atoms with Gasteiger partial charge in [0.2, 0.25) is 5.91 Å². The Morgan fingerprint density at radius 2 is 1.88 bits per heavy atom. The lowest BCUT2D eigenvalue weighted by molar-refractivity contribution is -0.134. The third-order valence-electron chi connectivity index (χ3n) is 3.86. The van der Waals surface area contributed by atoms with E-state index in [2.05, 4.69) is 17.6 Å². The molecule has 4 heteroatoms. The van der Waals surface area contributed by atoms with Crippen LogP contribution in [0, 0.1) is 0 Å². The van der Waals surface area contributed by atoms with E-state index in [1.807, 2.05) is 11.9 Å². The molecule has 1 aliphatic carbocycles. The van der Waals surface area contributed by atoms with Crippen molar-refractivity contribution in [2.24, 2.45) is 0 Å². The van der Waals surface area contributed by atoms with E-state index in [0.29, 0.717) is 12.1 Å². The van der Waals surface area contributed by atoms with Gasteiger partial charge in [0.15, 0.2) is 0 Å². The van der Waals surface area contributed by atoms with Crippen LogP contribution in [0.5, 0.6) is 0 Å². The van der Waals surface area contributed by atoms with E-state index in [4.69, 9.17) is 0 Å². The van der Waals surface area contributed by atoms with Crippen molar-refractivity contribution in [2.45, 2.75) is 50.7 Å².